The lowest BCUT2D eigenvalue weighted by molar-refractivity contribution is 0.0340. The van der Waals surface area contributed by atoms with E-state index < -0.39 is 0 Å². The van der Waals surface area contributed by atoms with Crippen molar-refractivity contribution in [3.8, 4) is 0 Å². The molecule has 2 aliphatic heterocycles. The monoisotopic (exact) mass is 432 g/mol. The Morgan fingerprint density at radius 2 is 1.81 bits per heavy atom. The maximum Gasteiger partial charge on any atom is 0.254 e. The highest BCUT2D eigenvalue weighted by atomic mass is 16.5. The average molecular weight is 433 g/mol. The van der Waals surface area contributed by atoms with Crippen LogP contribution in [0, 0.1) is 5.92 Å². The van der Waals surface area contributed by atoms with Crippen molar-refractivity contribution >= 4 is 11.4 Å². The molecular weight excluding hydrogens is 400 g/mol. The highest BCUT2D eigenvalue weighted by Crippen LogP contribution is 2.25. The molecule has 0 saturated carbocycles. The van der Waals surface area contributed by atoms with Crippen LogP contribution in [-0.2, 0) is 17.7 Å². The number of carbonyl (C=O) groups is 1. The molecule has 0 spiro atoms. The molecule has 3 aromatic rings. The number of likely N-dealkylation sites (tertiary alicyclic amines) is 1. The van der Waals surface area contributed by atoms with E-state index in [1.54, 1.807) is 0 Å². The molecular formula is C26H32N4O2. The van der Waals surface area contributed by atoms with E-state index >= 15 is 0 Å². The predicted molar refractivity (Wildman–Crippen MR) is 125 cm³/mol. The van der Waals surface area contributed by atoms with E-state index in [0.29, 0.717) is 5.92 Å². The molecule has 6 nitrogen and oxygen atoms in total. The third-order valence-electron chi connectivity index (χ3n) is 6.91. The molecule has 2 aromatic heterocycles. The van der Waals surface area contributed by atoms with Crippen LogP contribution in [0.2, 0.25) is 0 Å². The van der Waals surface area contributed by atoms with Gasteiger partial charge in [-0.1, -0.05) is 24.3 Å². The minimum absolute atomic E-state index is 0.187. The molecule has 32 heavy (non-hydrogen) atoms. The Labute approximate surface area is 189 Å². The summed E-state index contributed by atoms with van der Waals surface area (Å²) in [5.41, 5.74) is 4.54. The molecule has 1 atom stereocenters. The first-order valence-corrected chi connectivity index (χ1v) is 11.9. The van der Waals surface area contributed by atoms with Crippen LogP contribution in [0.1, 0.15) is 40.7 Å². The van der Waals surface area contributed by atoms with Gasteiger partial charge in [-0.15, -0.1) is 0 Å². The van der Waals surface area contributed by atoms with E-state index in [1.807, 2.05) is 35.1 Å². The van der Waals surface area contributed by atoms with Crippen LogP contribution in [0.15, 0.2) is 54.9 Å². The second kappa shape index (κ2) is 9.84. The second-order valence-corrected chi connectivity index (χ2v) is 9.03. The van der Waals surface area contributed by atoms with Crippen LogP contribution in [-0.4, -0.2) is 64.7 Å². The highest BCUT2D eigenvalue weighted by Gasteiger charge is 2.24. The summed E-state index contributed by atoms with van der Waals surface area (Å²) in [7, 11) is 0. The number of benzene rings is 1. The van der Waals surface area contributed by atoms with Gasteiger partial charge in [0.25, 0.3) is 5.91 Å². The largest absolute Gasteiger partial charge is 0.379 e. The van der Waals surface area contributed by atoms with Crippen molar-refractivity contribution in [3.63, 3.8) is 0 Å². The van der Waals surface area contributed by atoms with Crippen molar-refractivity contribution in [3.05, 3.63) is 71.5 Å². The van der Waals surface area contributed by atoms with E-state index in [0.717, 1.165) is 82.7 Å². The zero-order valence-electron chi connectivity index (χ0n) is 18.7. The highest BCUT2D eigenvalue weighted by molar-refractivity contribution is 5.95. The standard InChI is InChI=1S/C26H32N4O2/c31-26(24-8-2-1-6-23(24)20-28-15-17-32-18-16-28)29-12-3-5-21(10-14-29)19-22-7-4-13-30-25(22)9-11-27-30/h1-2,4,6-9,11,13,21H,3,5,10,12,14-20H2/t21-/m0/s1. The molecule has 0 unspecified atom stereocenters. The zero-order chi connectivity index (χ0) is 21.8. The molecule has 168 valence electrons. The number of hydrogen-bond donors (Lipinski definition) is 0. The number of amides is 1. The fourth-order valence-corrected chi connectivity index (χ4v) is 5.11. The molecule has 5 rings (SSSR count). The lowest BCUT2D eigenvalue weighted by Gasteiger charge is -2.28. The zero-order valence-corrected chi connectivity index (χ0v) is 18.7. The number of ether oxygens (including phenoxy) is 1. The van der Waals surface area contributed by atoms with E-state index in [9.17, 15) is 4.79 Å². The molecule has 0 N–H and O–H groups in total. The quantitative estimate of drug-likeness (QED) is 0.618. The van der Waals surface area contributed by atoms with Crippen LogP contribution < -0.4 is 0 Å². The van der Waals surface area contributed by atoms with Gasteiger partial charge in [0.05, 0.1) is 18.7 Å². The number of carbonyl (C=O) groups excluding carboxylic acids is 1. The lowest BCUT2D eigenvalue weighted by atomic mass is 9.92. The topological polar surface area (TPSA) is 50.1 Å². The van der Waals surface area contributed by atoms with Crippen LogP contribution in [0.3, 0.4) is 0 Å². The van der Waals surface area contributed by atoms with E-state index in [4.69, 9.17) is 4.74 Å². The summed E-state index contributed by atoms with van der Waals surface area (Å²) in [4.78, 5) is 18.0. The van der Waals surface area contributed by atoms with Gasteiger partial charge in [0.2, 0.25) is 0 Å². The van der Waals surface area contributed by atoms with Crippen LogP contribution >= 0.6 is 0 Å². The van der Waals surface area contributed by atoms with E-state index in [2.05, 4.69) is 39.2 Å². The number of rotatable bonds is 5. The third-order valence-corrected chi connectivity index (χ3v) is 6.91. The minimum atomic E-state index is 0.187. The third kappa shape index (κ3) is 4.71. The van der Waals surface area contributed by atoms with Crippen molar-refractivity contribution in [1.82, 2.24) is 19.4 Å². The fraction of sp³-hybridized carbons (Fsp3) is 0.462. The SMILES string of the molecule is O=C(c1ccccc1CN1CCOCC1)N1CCC[C@H](Cc2cccn3nccc23)CC1. The van der Waals surface area contributed by atoms with Crippen LogP contribution in [0.5, 0.6) is 0 Å². The summed E-state index contributed by atoms with van der Waals surface area (Å²) in [5, 5.41) is 4.36. The molecule has 0 radical (unpaired) electrons. The summed E-state index contributed by atoms with van der Waals surface area (Å²) in [6.45, 7) is 5.90. The number of fused-ring (bicyclic) bond motifs is 1. The molecule has 2 aliphatic rings. The molecule has 2 saturated heterocycles. The molecule has 0 bridgehead atoms. The van der Waals surface area contributed by atoms with E-state index in [-0.39, 0.29) is 5.91 Å². The molecule has 0 aliphatic carbocycles. The lowest BCUT2D eigenvalue weighted by Crippen LogP contribution is -2.37. The Balaban J connectivity index is 1.24. The van der Waals surface area contributed by atoms with Gasteiger partial charge in [-0.3, -0.25) is 9.69 Å². The van der Waals surface area contributed by atoms with Gasteiger partial charge in [-0.25, -0.2) is 4.52 Å². The van der Waals surface area contributed by atoms with Crippen molar-refractivity contribution in [2.45, 2.75) is 32.2 Å². The Morgan fingerprint density at radius 1 is 0.969 bits per heavy atom. The summed E-state index contributed by atoms with van der Waals surface area (Å²) in [6, 6.07) is 14.5. The first kappa shape index (κ1) is 21.2. The van der Waals surface area contributed by atoms with E-state index in [1.165, 1.54) is 11.1 Å². The number of morpholine rings is 1. The molecule has 1 amide bonds. The number of pyridine rings is 1. The summed E-state index contributed by atoms with van der Waals surface area (Å²) in [5.74, 6) is 0.782. The fourth-order valence-electron chi connectivity index (χ4n) is 5.11. The first-order valence-electron chi connectivity index (χ1n) is 11.9. The normalized spacial score (nSPS) is 20.4. The second-order valence-electron chi connectivity index (χ2n) is 9.03. The molecule has 4 heterocycles. The average Bonchev–Trinajstić information content (AvgIpc) is 3.20. The first-order chi connectivity index (χ1) is 15.8. The number of aromatic nitrogens is 2. The number of hydrogen-bond acceptors (Lipinski definition) is 4. The molecule has 6 heteroatoms. The number of nitrogens with zero attached hydrogens (tertiary/aromatic N) is 4. The van der Waals surface area contributed by atoms with Crippen molar-refractivity contribution in [1.29, 1.82) is 0 Å². The maximum absolute atomic E-state index is 13.5. The Kier molecular flexibility index (Phi) is 6.51. The van der Waals surface area contributed by atoms with Gasteiger partial charge in [-0.2, -0.15) is 5.10 Å². The van der Waals surface area contributed by atoms with Crippen molar-refractivity contribution in [2.24, 2.45) is 5.92 Å². The smallest absolute Gasteiger partial charge is 0.254 e. The van der Waals surface area contributed by atoms with Gasteiger partial charge in [0.1, 0.15) is 0 Å². The molecule has 2 fully saturated rings. The van der Waals surface area contributed by atoms with Gasteiger partial charge in [-0.05, 0) is 60.9 Å². The molecule has 1 aromatic carbocycles. The maximum atomic E-state index is 13.5. The van der Waals surface area contributed by atoms with Crippen LogP contribution in [0.25, 0.3) is 5.52 Å². The van der Waals surface area contributed by atoms with Crippen LogP contribution in [0.4, 0.5) is 0 Å². The summed E-state index contributed by atoms with van der Waals surface area (Å²) in [6.07, 6.45) is 8.18. The Morgan fingerprint density at radius 3 is 2.72 bits per heavy atom. The van der Waals surface area contributed by atoms with Gasteiger partial charge in [0, 0.05) is 50.7 Å². The Hall–Kier alpha value is -2.70. The minimum Gasteiger partial charge on any atom is -0.379 e. The van der Waals surface area contributed by atoms with Gasteiger partial charge < -0.3 is 9.64 Å². The Bertz CT molecular complexity index is 1060. The predicted octanol–water partition coefficient (Wildman–Crippen LogP) is 3.65. The summed E-state index contributed by atoms with van der Waals surface area (Å²) >= 11 is 0. The van der Waals surface area contributed by atoms with Gasteiger partial charge >= 0.3 is 0 Å². The summed E-state index contributed by atoms with van der Waals surface area (Å²) < 4.78 is 7.43. The van der Waals surface area contributed by atoms with Gasteiger partial charge in [0.15, 0.2) is 0 Å². The van der Waals surface area contributed by atoms with Crippen molar-refractivity contribution in [2.75, 3.05) is 39.4 Å². The van der Waals surface area contributed by atoms with Crippen molar-refractivity contribution < 1.29 is 9.53 Å².